The van der Waals surface area contributed by atoms with Crippen molar-refractivity contribution in [1.82, 2.24) is 15.5 Å². The maximum Gasteiger partial charge on any atom is 0.407 e. The first-order valence-corrected chi connectivity index (χ1v) is 7.34. The summed E-state index contributed by atoms with van der Waals surface area (Å²) in [5.74, 6) is 0.407. The van der Waals surface area contributed by atoms with Gasteiger partial charge in [-0.1, -0.05) is 0 Å². The van der Waals surface area contributed by atoms with E-state index in [1.807, 2.05) is 25.7 Å². The number of halogens is 1. The van der Waals surface area contributed by atoms with Gasteiger partial charge in [0.15, 0.2) is 0 Å². The van der Waals surface area contributed by atoms with Crippen LogP contribution in [0.25, 0.3) is 0 Å². The van der Waals surface area contributed by atoms with Crippen LogP contribution >= 0.6 is 12.4 Å². The molecule has 2 aliphatic rings. The van der Waals surface area contributed by atoms with Crippen molar-refractivity contribution < 1.29 is 14.3 Å². The molecule has 0 aliphatic carbocycles. The van der Waals surface area contributed by atoms with Gasteiger partial charge in [0.2, 0.25) is 5.91 Å². The summed E-state index contributed by atoms with van der Waals surface area (Å²) in [6.07, 6.45) is 1.22. The molecule has 2 fully saturated rings. The monoisotopic (exact) mass is 319 g/mol. The molecule has 0 aromatic rings. The van der Waals surface area contributed by atoms with Crippen LogP contribution in [0.3, 0.4) is 0 Å². The number of rotatable bonds is 2. The smallest absolute Gasteiger partial charge is 0.407 e. The summed E-state index contributed by atoms with van der Waals surface area (Å²) < 4.78 is 5.24. The fourth-order valence-electron chi connectivity index (χ4n) is 2.44. The van der Waals surface area contributed by atoms with E-state index in [-0.39, 0.29) is 36.4 Å². The molecule has 0 unspecified atom stereocenters. The van der Waals surface area contributed by atoms with Gasteiger partial charge in [-0.3, -0.25) is 4.79 Å². The van der Waals surface area contributed by atoms with E-state index < -0.39 is 5.60 Å². The summed E-state index contributed by atoms with van der Waals surface area (Å²) in [5, 5.41) is 6.00. The Labute approximate surface area is 132 Å². The van der Waals surface area contributed by atoms with E-state index in [1.54, 1.807) is 0 Å². The Morgan fingerprint density at radius 3 is 2.19 bits per heavy atom. The highest BCUT2D eigenvalue weighted by Crippen LogP contribution is 2.16. The van der Waals surface area contributed by atoms with Gasteiger partial charge in [0, 0.05) is 32.2 Å². The zero-order valence-electron chi connectivity index (χ0n) is 13.0. The van der Waals surface area contributed by atoms with Crippen molar-refractivity contribution in [2.24, 2.45) is 5.92 Å². The summed E-state index contributed by atoms with van der Waals surface area (Å²) in [6.45, 7) is 8.58. The Morgan fingerprint density at radius 2 is 1.76 bits per heavy atom. The van der Waals surface area contributed by atoms with Crippen molar-refractivity contribution in [3.63, 3.8) is 0 Å². The first-order valence-electron chi connectivity index (χ1n) is 7.34. The van der Waals surface area contributed by atoms with Gasteiger partial charge in [-0.25, -0.2) is 4.79 Å². The Kier molecular flexibility index (Phi) is 6.28. The lowest BCUT2D eigenvalue weighted by Gasteiger charge is -2.37. The molecule has 0 atom stereocenters. The second-order valence-electron chi connectivity index (χ2n) is 6.60. The number of ether oxygens (including phenoxy) is 1. The quantitative estimate of drug-likeness (QED) is 0.801. The molecule has 0 aromatic heterocycles. The SMILES string of the molecule is CC(C)(C)OC(=O)NC1CCN(C(=O)C2CNC2)CC1.Cl. The van der Waals surface area contributed by atoms with E-state index >= 15 is 0 Å². The van der Waals surface area contributed by atoms with Crippen LogP contribution in [-0.4, -0.2) is 54.7 Å². The summed E-state index contributed by atoms with van der Waals surface area (Å²) in [7, 11) is 0. The van der Waals surface area contributed by atoms with Crippen molar-refractivity contribution in [3.8, 4) is 0 Å². The van der Waals surface area contributed by atoms with Crippen molar-refractivity contribution in [2.45, 2.75) is 45.3 Å². The average Bonchev–Trinajstić information content (AvgIpc) is 2.24. The number of piperidine rings is 1. The molecule has 6 nitrogen and oxygen atoms in total. The zero-order valence-corrected chi connectivity index (χ0v) is 13.8. The fourth-order valence-corrected chi connectivity index (χ4v) is 2.44. The topological polar surface area (TPSA) is 70.7 Å². The van der Waals surface area contributed by atoms with Crippen LogP contribution in [0, 0.1) is 5.92 Å². The maximum absolute atomic E-state index is 12.1. The molecular formula is C14H26ClN3O3. The third kappa shape index (κ3) is 5.36. The van der Waals surface area contributed by atoms with E-state index in [9.17, 15) is 9.59 Å². The van der Waals surface area contributed by atoms with Gasteiger partial charge >= 0.3 is 6.09 Å². The minimum atomic E-state index is -0.474. The molecule has 0 saturated carbocycles. The first-order chi connectivity index (χ1) is 9.35. The lowest BCUT2D eigenvalue weighted by molar-refractivity contribution is -0.138. The molecular weight excluding hydrogens is 294 g/mol. The molecule has 7 heteroatoms. The van der Waals surface area contributed by atoms with Crippen molar-refractivity contribution in [3.05, 3.63) is 0 Å². The van der Waals surface area contributed by atoms with E-state index in [1.165, 1.54) is 0 Å². The lowest BCUT2D eigenvalue weighted by Crippen LogP contribution is -2.55. The number of likely N-dealkylation sites (tertiary alicyclic amines) is 1. The standard InChI is InChI=1S/C14H25N3O3.ClH/c1-14(2,3)20-13(19)16-11-4-6-17(7-5-11)12(18)10-8-15-9-10;/h10-11,15H,4-9H2,1-3H3,(H,16,19);1H. The van der Waals surface area contributed by atoms with Gasteiger partial charge < -0.3 is 20.3 Å². The van der Waals surface area contributed by atoms with Crippen LogP contribution in [0.15, 0.2) is 0 Å². The molecule has 0 aromatic carbocycles. The molecule has 2 rings (SSSR count). The summed E-state index contributed by atoms with van der Waals surface area (Å²) in [6, 6.07) is 0.105. The highest BCUT2D eigenvalue weighted by molar-refractivity contribution is 5.85. The lowest BCUT2D eigenvalue weighted by atomic mass is 9.98. The highest BCUT2D eigenvalue weighted by Gasteiger charge is 2.32. The first kappa shape index (κ1) is 18.0. The number of hydrogen-bond donors (Lipinski definition) is 2. The third-order valence-electron chi connectivity index (χ3n) is 3.66. The van der Waals surface area contributed by atoms with Gasteiger partial charge in [0.05, 0.1) is 5.92 Å². The van der Waals surface area contributed by atoms with Crippen LogP contribution in [0.1, 0.15) is 33.6 Å². The predicted molar refractivity (Wildman–Crippen MR) is 82.6 cm³/mol. The van der Waals surface area contributed by atoms with Crippen molar-refractivity contribution >= 4 is 24.4 Å². The summed E-state index contributed by atoms with van der Waals surface area (Å²) in [5.41, 5.74) is -0.474. The number of hydrogen-bond acceptors (Lipinski definition) is 4. The number of carbonyl (C=O) groups is 2. The minimum absolute atomic E-state index is 0. The van der Waals surface area contributed by atoms with Crippen LogP contribution in [0.2, 0.25) is 0 Å². The number of alkyl carbamates (subject to hydrolysis) is 1. The highest BCUT2D eigenvalue weighted by atomic mass is 35.5. The number of nitrogens with zero attached hydrogens (tertiary/aromatic N) is 1. The fraction of sp³-hybridized carbons (Fsp3) is 0.857. The second-order valence-corrected chi connectivity index (χ2v) is 6.60. The molecule has 0 bridgehead atoms. The minimum Gasteiger partial charge on any atom is -0.444 e. The van der Waals surface area contributed by atoms with Crippen molar-refractivity contribution in [2.75, 3.05) is 26.2 Å². The molecule has 0 radical (unpaired) electrons. The molecule has 2 amide bonds. The molecule has 0 spiro atoms. The Bertz CT molecular complexity index is 372. The third-order valence-corrected chi connectivity index (χ3v) is 3.66. The van der Waals surface area contributed by atoms with Gasteiger partial charge in [-0.05, 0) is 33.6 Å². The zero-order chi connectivity index (χ0) is 14.8. The van der Waals surface area contributed by atoms with Gasteiger partial charge in [-0.2, -0.15) is 0 Å². The Hall–Kier alpha value is -1.01. The Balaban J connectivity index is 0.00000220. The molecule has 2 heterocycles. The Morgan fingerprint density at radius 1 is 1.19 bits per heavy atom. The number of nitrogens with one attached hydrogen (secondary N) is 2. The van der Waals surface area contributed by atoms with Crippen molar-refractivity contribution in [1.29, 1.82) is 0 Å². The van der Waals surface area contributed by atoms with E-state index in [0.29, 0.717) is 0 Å². The average molecular weight is 320 g/mol. The van der Waals surface area contributed by atoms with Crippen LogP contribution in [0.4, 0.5) is 4.79 Å². The van der Waals surface area contributed by atoms with Gasteiger partial charge in [0.1, 0.15) is 5.60 Å². The van der Waals surface area contributed by atoms with E-state index in [2.05, 4.69) is 10.6 Å². The molecule has 2 aliphatic heterocycles. The molecule has 122 valence electrons. The van der Waals surface area contributed by atoms with E-state index in [4.69, 9.17) is 4.74 Å². The van der Waals surface area contributed by atoms with Gasteiger partial charge in [-0.15, -0.1) is 12.4 Å². The second kappa shape index (κ2) is 7.31. The maximum atomic E-state index is 12.1. The predicted octanol–water partition coefficient (Wildman–Crippen LogP) is 1.14. The molecule has 2 N–H and O–H groups in total. The van der Waals surface area contributed by atoms with E-state index in [0.717, 1.165) is 39.0 Å². The van der Waals surface area contributed by atoms with Crippen LogP contribution in [-0.2, 0) is 9.53 Å². The normalized spacial score (nSPS) is 20.2. The van der Waals surface area contributed by atoms with Gasteiger partial charge in [0.25, 0.3) is 0 Å². The number of amides is 2. The summed E-state index contributed by atoms with van der Waals surface area (Å²) in [4.78, 5) is 25.7. The summed E-state index contributed by atoms with van der Waals surface area (Å²) >= 11 is 0. The van der Waals surface area contributed by atoms with Crippen LogP contribution in [0.5, 0.6) is 0 Å². The van der Waals surface area contributed by atoms with Crippen LogP contribution < -0.4 is 10.6 Å². The largest absolute Gasteiger partial charge is 0.444 e. The molecule has 21 heavy (non-hydrogen) atoms. The number of carbonyl (C=O) groups excluding carboxylic acids is 2. The molecule has 2 saturated heterocycles.